The molecule has 1 aromatic heterocycles. The minimum Gasteiger partial charge on any atom is -0.298 e. The predicted octanol–water partition coefficient (Wildman–Crippen LogP) is 0.632. The lowest BCUT2D eigenvalue weighted by Gasteiger charge is -1.93. The van der Waals surface area contributed by atoms with Crippen molar-refractivity contribution in [2.24, 2.45) is 0 Å². The number of hydrogen-bond donors (Lipinski definition) is 0. The molecule has 0 saturated carbocycles. The van der Waals surface area contributed by atoms with Gasteiger partial charge in [0.05, 0.1) is 10.8 Å². The number of aldehydes is 1. The Morgan fingerprint density at radius 2 is 2.27 bits per heavy atom. The van der Waals surface area contributed by atoms with Gasteiger partial charge in [0.15, 0.2) is 6.29 Å². The van der Waals surface area contributed by atoms with Gasteiger partial charge in [0.25, 0.3) is 0 Å². The number of carbonyl (C=O) groups excluding carboxylic acids is 1. The Morgan fingerprint density at radius 3 is 2.64 bits per heavy atom. The molecule has 1 atom stereocenters. The lowest BCUT2D eigenvalue weighted by atomic mass is 10.3. The molecule has 11 heavy (non-hydrogen) atoms. The quantitative estimate of drug-likeness (QED) is 0.610. The minimum absolute atomic E-state index is 0.496. The van der Waals surface area contributed by atoms with Crippen LogP contribution in [0.2, 0.25) is 0 Å². The average molecular weight is 169 g/mol. The number of nitrogens with zero attached hydrogens (tertiary/aromatic N) is 1. The van der Waals surface area contributed by atoms with E-state index in [0.717, 1.165) is 0 Å². The molecular weight excluding hydrogens is 162 g/mol. The van der Waals surface area contributed by atoms with Crippen LogP contribution in [0, 0.1) is 0 Å². The Morgan fingerprint density at radius 1 is 1.55 bits per heavy atom. The molecule has 0 aliphatic rings. The molecule has 4 heteroatoms. The fourth-order valence-electron chi connectivity index (χ4n) is 0.631. The largest absolute Gasteiger partial charge is 0.298 e. The first-order valence-corrected chi connectivity index (χ1v) is 4.54. The van der Waals surface area contributed by atoms with E-state index in [2.05, 4.69) is 4.98 Å². The summed E-state index contributed by atoms with van der Waals surface area (Å²) in [6, 6.07) is 3.18. The molecule has 1 heterocycles. The summed E-state index contributed by atoms with van der Waals surface area (Å²) in [6.45, 7) is 0. The molecule has 0 fully saturated rings. The second-order valence-corrected chi connectivity index (χ2v) is 3.33. The van der Waals surface area contributed by atoms with Crippen LogP contribution in [-0.2, 0) is 10.8 Å². The van der Waals surface area contributed by atoms with Gasteiger partial charge in [-0.15, -0.1) is 0 Å². The molecule has 0 unspecified atom stereocenters. The van der Waals surface area contributed by atoms with Gasteiger partial charge in [-0.25, -0.2) is 4.98 Å². The SMILES string of the molecule is C[S@](=O)c1ccc(C=O)cn1. The highest BCUT2D eigenvalue weighted by Gasteiger charge is 1.97. The molecule has 1 rings (SSSR count). The van der Waals surface area contributed by atoms with Crippen molar-refractivity contribution >= 4 is 17.1 Å². The van der Waals surface area contributed by atoms with Crippen LogP contribution < -0.4 is 0 Å². The Bertz CT molecular complexity index is 281. The molecule has 58 valence electrons. The highest BCUT2D eigenvalue weighted by molar-refractivity contribution is 7.84. The first kappa shape index (κ1) is 8.07. The van der Waals surface area contributed by atoms with E-state index in [9.17, 15) is 9.00 Å². The molecule has 0 amide bonds. The van der Waals surface area contributed by atoms with E-state index in [0.29, 0.717) is 16.9 Å². The lowest BCUT2D eigenvalue weighted by Crippen LogP contribution is -1.92. The molecule has 0 spiro atoms. The van der Waals surface area contributed by atoms with Gasteiger partial charge in [-0.1, -0.05) is 0 Å². The van der Waals surface area contributed by atoms with Crippen LogP contribution in [0.1, 0.15) is 10.4 Å². The summed E-state index contributed by atoms with van der Waals surface area (Å²) in [4.78, 5) is 14.0. The fraction of sp³-hybridized carbons (Fsp3) is 0.143. The Hall–Kier alpha value is -1.03. The maximum atomic E-state index is 10.8. The monoisotopic (exact) mass is 169 g/mol. The summed E-state index contributed by atoms with van der Waals surface area (Å²) in [5.74, 6) is 0. The van der Waals surface area contributed by atoms with E-state index < -0.39 is 10.8 Å². The summed E-state index contributed by atoms with van der Waals surface area (Å²) >= 11 is 0. The van der Waals surface area contributed by atoms with Gasteiger partial charge in [-0.05, 0) is 12.1 Å². The fourth-order valence-corrected chi connectivity index (χ4v) is 1.09. The average Bonchev–Trinajstić information content (AvgIpc) is 2.05. The van der Waals surface area contributed by atoms with E-state index in [1.54, 1.807) is 18.4 Å². The Labute approximate surface area is 66.9 Å². The van der Waals surface area contributed by atoms with Crippen LogP contribution in [0.4, 0.5) is 0 Å². The summed E-state index contributed by atoms with van der Waals surface area (Å²) in [5.41, 5.74) is 0.499. The zero-order valence-corrected chi connectivity index (χ0v) is 6.80. The van der Waals surface area contributed by atoms with E-state index in [1.165, 1.54) is 6.20 Å². The molecule has 3 nitrogen and oxygen atoms in total. The van der Waals surface area contributed by atoms with Crippen molar-refractivity contribution in [2.75, 3.05) is 6.26 Å². The van der Waals surface area contributed by atoms with Gasteiger partial charge in [-0.3, -0.25) is 9.00 Å². The van der Waals surface area contributed by atoms with Crippen LogP contribution in [0.3, 0.4) is 0 Å². The molecule has 0 aliphatic carbocycles. The van der Waals surface area contributed by atoms with Crippen molar-refractivity contribution < 1.29 is 9.00 Å². The van der Waals surface area contributed by atoms with Crippen molar-refractivity contribution in [1.82, 2.24) is 4.98 Å². The summed E-state index contributed by atoms with van der Waals surface area (Å²) < 4.78 is 10.8. The van der Waals surface area contributed by atoms with E-state index >= 15 is 0 Å². The van der Waals surface area contributed by atoms with E-state index in [1.807, 2.05) is 0 Å². The Balaban J connectivity index is 3.00. The minimum atomic E-state index is -1.07. The van der Waals surface area contributed by atoms with Crippen LogP contribution in [0.5, 0.6) is 0 Å². The Kier molecular flexibility index (Phi) is 2.48. The third-order valence-electron chi connectivity index (χ3n) is 1.19. The second kappa shape index (κ2) is 3.39. The summed E-state index contributed by atoms with van der Waals surface area (Å²) in [6.07, 6.45) is 3.65. The van der Waals surface area contributed by atoms with Crippen LogP contribution in [-0.4, -0.2) is 21.7 Å². The van der Waals surface area contributed by atoms with E-state index in [4.69, 9.17) is 0 Å². The van der Waals surface area contributed by atoms with Gasteiger partial charge >= 0.3 is 0 Å². The zero-order valence-electron chi connectivity index (χ0n) is 5.98. The molecular formula is C7H7NO2S. The first-order chi connectivity index (χ1) is 5.24. The second-order valence-electron chi connectivity index (χ2n) is 2.00. The number of hydrogen-bond acceptors (Lipinski definition) is 3. The molecule has 0 aliphatic heterocycles. The van der Waals surface area contributed by atoms with Crippen LogP contribution in [0.15, 0.2) is 23.4 Å². The van der Waals surface area contributed by atoms with Crippen molar-refractivity contribution in [3.8, 4) is 0 Å². The normalized spacial score (nSPS) is 12.5. The van der Waals surface area contributed by atoms with Crippen molar-refractivity contribution in [3.63, 3.8) is 0 Å². The van der Waals surface area contributed by atoms with Crippen molar-refractivity contribution in [2.45, 2.75) is 5.03 Å². The van der Waals surface area contributed by atoms with Crippen LogP contribution in [0.25, 0.3) is 0 Å². The molecule has 0 N–H and O–H groups in total. The molecule has 1 aromatic rings. The highest BCUT2D eigenvalue weighted by Crippen LogP contribution is 2.00. The molecule has 0 saturated heterocycles. The van der Waals surface area contributed by atoms with Gasteiger partial charge in [0, 0.05) is 18.0 Å². The zero-order chi connectivity index (χ0) is 8.27. The van der Waals surface area contributed by atoms with Gasteiger partial charge in [-0.2, -0.15) is 0 Å². The highest BCUT2D eigenvalue weighted by atomic mass is 32.2. The van der Waals surface area contributed by atoms with Gasteiger partial charge in [0.2, 0.25) is 0 Å². The standard InChI is InChI=1S/C7H7NO2S/c1-11(10)7-3-2-6(5-9)4-8-7/h2-5H,1H3/t11-/m0/s1. The number of rotatable bonds is 2. The summed E-state index contributed by atoms with van der Waals surface area (Å²) in [7, 11) is -1.07. The molecule has 0 aromatic carbocycles. The van der Waals surface area contributed by atoms with Crippen molar-refractivity contribution in [3.05, 3.63) is 23.9 Å². The molecule has 0 bridgehead atoms. The van der Waals surface area contributed by atoms with Gasteiger partial charge < -0.3 is 0 Å². The van der Waals surface area contributed by atoms with Crippen LogP contribution >= 0.6 is 0 Å². The maximum absolute atomic E-state index is 10.8. The maximum Gasteiger partial charge on any atom is 0.151 e. The number of aromatic nitrogens is 1. The number of pyridine rings is 1. The number of carbonyl (C=O) groups is 1. The predicted molar refractivity (Wildman–Crippen MR) is 42.0 cm³/mol. The van der Waals surface area contributed by atoms with Crippen molar-refractivity contribution in [1.29, 1.82) is 0 Å². The third kappa shape index (κ3) is 1.94. The lowest BCUT2D eigenvalue weighted by molar-refractivity contribution is 0.112. The first-order valence-electron chi connectivity index (χ1n) is 2.98. The third-order valence-corrected chi connectivity index (χ3v) is 2.02. The topological polar surface area (TPSA) is 47.0 Å². The molecule has 0 radical (unpaired) electrons. The van der Waals surface area contributed by atoms with Gasteiger partial charge in [0.1, 0.15) is 5.03 Å². The van der Waals surface area contributed by atoms with E-state index in [-0.39, 0.29) is 0 Å². The smallest absolute Gasteiger partial charge is 0.151 e. The summed E-state index contributed by atoms with van der Waals surface area (Å²) in [5, 5.41) is 0.496.